The summed E-state index contributed by atoms with van der Waals surface area (Å²) < 4.78 is 4.84. The number of nitrogens with one attached hydrogen (secondary N) is 2. The summed E-state index contributed by atoms with van der Waals surface area (Å²) in [4.78, 5) is 29.7. The predicted molar refractivity (Wildman–Crippen MR) is 93.3 cm³/mol. The molecule has 128 valence electrons. The zero-order valence-electron chi connectivity index (χ0n) is 14.1. The van der Waals surface area contributed by atoms with E-state index in [4.69, 9.17) is 4.74 Å². The first kappa shape index (κ1) is 16.5. The van der Waals surface area contributed by atoms with Gasteiger partial charge in [0, 0.05) is 10.9 Å². The number of methoxy groups -OCH3 is 1. The Hall–Kier alpha value is -2.34. The molecule has 2 aromatic rings. The van der Waals surface area contributed by atoms with Crippen LogP contribution in [0.2, 0.25) is 0 Å². The minimum Gasteiger partial charge on any atom is -0.464 e. The van der Waals surface area contributed by atoms with Crippen LogP contribution in [0, 0.1) is 6.92 Å². The van der Waals surface area contributed by atoms with Gasteiger partial charge in [-0.3, -0.25) is 9.69 Å². The van der Waals surface area contributed by atoms with E-state index in [0.717, 1.165) is 42.4 Å². The fourth-order valence-electron chi connectivity index (χ4n) is 3.19. The first-order chi connectivity index (χ1) is 11.6. The Balaban J connectivity index is 1.87. The van der Waals surface area contributed by atoms with E-state index >= 15 is 0 Å². The molecule has 2 heterocycles. The van der Waals surface area contributed by atoms with Gasteiger partial charge in [-0.2, -0.15) is 0 Å². The zero-order chi connectivity index (χ0) is 17.1. The van der Waals surface area contributed by atoms with Crippen molar-refractivity contribution >= 4 is 28.5 Å². The minimum absolute atomic E-state index is 0.107. The summed E-state index contributed by atoms with van der Waals surface area (Å²) in [5, 5.41) is 3.73. The number of nitrogens with zero attached hydrogens (tertiary/aromatic N) is 1. The highest BCUT2D eigenvalue weighted by Gasteiger charge is 2.21. The number of aryl methyl sites for hydroxylation is 1. The molecule has 3 rings (SSSR count). The second kappa shape index (κ2) is 7.05. The predicted octanol–water partition coefficient (Wildman–Crippen LogP) is 2.69. The number of rotatable bonds is 4. The Bertz CT molecular complexity index is 760. The van der Waals surface area contributed by atoms with Crippen molar-refractivity contribution < 1.29 is 14.3 Å². The SMILES string of the molecule is COC(=O)c1[nH]c2ccc(C)cc2c1NC(=O)CN1CCCCC1. The Morgan fingerprint density at radius 1 is 1.25 bits per heavy atom. The van der Waals surface area contributed by atoms with Crippen molar-refractivity contribution in [3.8, 4) is 0 Å². The molecule has 1 aromatic carbocycles. The number of benzene rings is 1. The molecular formula is C18H23N3O3. The van der Waals surface area contributed by atoms with E-state index in [2.05, 4.69) is 15.2 Å². The highest BCUT2D eigenvalue weighted by Crippen LogP contribution is 2.29. The summed E-state index contributed by atoms with van der Waals surface area (Å²) in [5.41, 5.74) is 2.64. The number of piperidine rings is 1. The number of likely N-dealkylation sites (tertiary alicyclic amines) is 1. The van der Waals surface area contributed by atoms with E-state index in [1.165, 1.54) is 13.5 Å². The van der Waals surface area contributed by atoms with Crippen LogP contribution in [0.25, 0.3) is 10.9 Å². The quantitative estimate of drug-likeness (QED) is 0.846. The molecule has 2 N–H and O–H groups in total. The van der Waals surface area contributed by atoms with Crippen LogP contribution in [0.15, 0.2) is 18.2 Å². The zero-order valence-corrected chi connectivity index (χ0v) is 14.1. The molecule has 0 radical (unpaired) electrons. The topological polar surface area (TPSA) is 74.4 Å². The highest BCUT2D eigenvalue weighted by atomic mass is 16.5. The number of hydrogen-bond donors (Lipinski definition) is 2. The van der Waals surface area contributed by atoms with Crippen LogP contribution in [0.5, 0.6) is 0 Å². The normalized spacial score (nSPS) is 15.4. The lowest BCUT2D eigenvalue weighted by atomic mass is 10.1. The van der Waals surface area contributed by atoms with Crippen LogP contribution in [-0.4, -0.2) is 48.5 Å². The van der Waals surface area contributed by atoms with Crippen LogP contribution in [0.3, 0.4) is 0 Å². The molecule has 1 aliphatic rings. The van der Waals surface area contributed by atoms with Gasteiger partial charge in [-0.05, 0) is 45.0 Å². The van der Waals surface area contributed by atoms with E-state index in [9.17, 15) is 9.59 Å². The fourth-order valence-corrected chi connectivity index (χ4v) is 3.19. The van der Waals surface area contributed by atoms with Gasteiger partial charge in [0.15, 0.2) is 0 Å². The largest absolute Gasteiger partial charge is 0.464 e. The van der Waals surface area contributed by atoms with Crippen LogP contribution < -0.4 is 5.32 Å². The van der Waals surface area contributed by atoms with Gasteiger partial charge in [-0.15, -0.1) is 0 Å². The standard InChI is InChI=1S/C18H23N3O3/c1-12-6-7-14-13(10-12)16(17(19-14)18(23)24-2)20-15(22)11-21-8-4-3-5-9-21/h6-7,10,19H,3-5,8-9,11H2,1-2H3,(H,20,22). The van der Waals surface area contributed by atoms with Crippen molar-refractivity contribution in [2.24, 2.45) is 0 Å². The second-order valence-electron chi connectivity index (χ2n) is 6.30. The number of carbonyl (C=O) groups excluding carboxylic acids is 2. The lowest BCUT2D eigenvalue weighted by Gasteiger charge is -2.25. The summed E-state index contributed by atoms with van der Waals surface area (Å²) >= 11 is 0. The average molecular weight is 329 g/mol. The van der Waals surface area contributed by atoms with Crippen LogP contribution in [0.4, 0.5) is 5.69 Å². The molecule has 0 bridgehead atoms. The monoisotopic (exact) mass is 329 g/mol. The van der Waals surface area contributed by atoms with Gasteiger partial charge in [0.1, 0.15) is 5.69 Å². The molecule has 0 aliphatic carbocycles. The average Bonchev–Trinajstić information content (AvgIpc) is 2.93. The number of amides is 1. The smallest absolute Gasteiger partial charge is 0.356 e. The van der Waals surface area contributed by atoms with Gasteiger partial charge >= 0.3 is 5.97 Å². The van der Waals surface area contributed by atoms with Gasteiger partial charge in [0.05, 0.1) is 19.3 Å². The van der Waals surface area contributed by atoms with Crippen molar-refractivity contribution in [3.05, 3.63) is 29.5 Å². The van der Waals surface area contributed by atoms with E-state index in [0.29, 0.717) is 12.2 Å². The lowest BCUT2D eigenvalue weighted by Crippen LogP contribution is -2.37. The van der Waals surface area contributed by atoms with Crippen molar-refractivity contribution in [1.29, 1.82) is 0 Å². The summed E-state index contributed by atoms with van der Waals surface area (Å²) in [5.74, 6) is -0.596. The number of carbonyl (C=O) groups is 2. The van der Waals surface area contributed by atoms with Gasteiger partial charge in [-0.25, -0.2) is 4.79 Å². The van der Waals surface area contributed by atoms with Gasteiger partial charge in [0.25, 0.3) is 0 Å². The van der Waals surface area contributed by atoms with E-state index in [1.807, 2.05) is 25.1 Å². The number of esters is 1. The second-order valence-corrected chi connectivity index (χ2v) is 6.30. The molecule has 6 nitrogen and oxygen atoms in total. The minimum atomic E-state index is -0.489. The lowest BCUT2D eigenvalue weighted by molar-refractivity contribution is -0.117. The van der Waals surface area contributed by atoms with Crippen LogP contribution >= 0.6 is 0 Å². The molecule has 0 saturated carbocycles. The Morgan fingerprint density at radius 2 is 2.00 bits per heavy atom. The number of ether oxygens (including phenoxy) is 1. The first-order valence-electron chi connectivity index (χ1n) is 8.31. The summed E-state index contributed by atoms with van der Waals surface area (Å²) in [7, 11) is 1.33. The molecule has 1 amide bonds. The number of aromatic nitrogens is 1. The molecule has 6 heteroatoms. The number of fused-ring (bicyclic) bond motifs is 1. The summed E-state index contributed by atoms with van der Waals surface area (Å²) in [6.07, 6.45) is 3.49. The molecule has 0 spiro atoms. The molecule has 1 fully saturated rings. The molecule has 1 aliphatic heterocycles. The van der Waals surface area contributed by atoms with E-state index < -0.39 is 5.97 Å². The third-order valence-corrected chi connectivity index (χ3v) is 4.42. The number of hydrogen-bond acceptors (Lipinski definition) is 4. The van der Waals surface area contributed by atoms with E-state index in [-0.39, 0.29) is 11.6 Å². The maximum atomic E-state index is 12.5. The summed E-state index contributed by atoms with van der Waals surface area (Å²) in [6.45, 7) is 4.22. The molecule has 0 atom stereocenters. The van der Waals surface area contributed by atoms with Crippen molar-refractivity contribution in [1.82, 2.24) is 9.88 Å². The molecule has 1 saturated heterocycles. The van der Waals surface area contributed by atoms with E-state index in [1.54, 1.807) is 0 Å². The van der Waals surface area contributed by atoms with Crippen molar-refractivity contribution in [3.63, 3.8) is 0 Å². The third-order valence-electron chi connectivity index (χ3n) is 4.42. The Labute approximate surface area is 141 Å². The number of H-pyrrole nitrogens is 1. The molecule has 24 heavy (non-hydrogen) atoms. The molecular weight excluding hydrogens is 306 g/mol. The number of aromatic amines is 1. The maximum Gasteiger partial charge on any atom is 0.356 e. The van der Waals surface area contributed by atoms with Gasteiger partial charge in [-0.1, -0.05) is 18.1 Å². The third kappa shape index (κ3) is 3.43. The van der Waals surface area contributed by atoms with Crippen LogP contribution in [-0.2, 0) is 9.53 Å². The maximum absolute atomic E-state index is 12.5. The first-order valence-corrected chi connectivity index (χ1v) is 8.31. The fraction of sp³-hybridized carbons (Fsp3) is 0.444. The molecule has 0 unspecified atom stereocenters. The molecule has 1 aromatic heterocycles. The number of anilines is 1. The summed E-state index contributed by atoms with van der Waals surface area (Å²) in [6, 6.07) is 5.81. The van der Waals surface area contributed by atoms with Gasteiger partial charge < -0.3 is 15.0 Å². The van der Waals surface area contributed by atoms with Crippen molar-refractivity contribution in [2.75, 3.05) is 32.1 Å². The van der Waals surface area contributed by atoms with Gasteiger partial charge in [0.2, 0.25) is 5.91 Å². The Morgan fingerprint density at radius 3 is 2.71 bits per heavy atom. The van der Waals surface area contributed by atoms with Crippen molar-refractivity contribution in [2.45, 2.75) is 26.2 Å². The highest BCUT2D eigenvalue weighted by molar-refractivity contribution is 6.11. The van der Waals surface area contributed by atoms with Crippen LogP contribution in [0.1, 0.15) is 35.3 Å². The Kier molecular flexibility index (Phi) is 4.85.